The number of para-hydroxylation sites is 1. The first kappa shape index (κ1) is 20.2. The van der Waals surface area contributed by atoms with Gasteiger partial charge in [0, 0.05) is 11.8 Å². The van der Waals surface area contributed by atoms with E-state index in [0.29, 0.717) is 10.5 Å². The Kier molecular flexibility index (Phi) is 4.51. The zero-order chi connectivity index (χ0) is 22.6. The monoisotopic (exact) mass is 439 g/mol. The molecule has 2 aromatic rings. The average Bonchev–Trinajstić information content (AvgIpc) is 3.26. The molecule has 5 rings (SSSR count). The van der Waals surface area contributed by atoms with E-state index in [1.165, 1.54) is 23.4 Å². The predicted molar refractivity (Wildman–Crippen MR) is 109 cm³/mol. The summed E-state index contributed by atoms with van der Waals surface area (Å²) in [7, 11) is 0. The Balaban J connectivity index is 1.61. The maximum absolute atomic E-state index is 13.6. The highest BCUT2D eigenvalue weighted by atomic mass is 19.4. The Morgan fingerprint density at radius 2 is 1.56 bits per heavy atom. The number of amides is 2. The number of allylic oxidation sites excluding steroid dienone is 1. The van der Waals surface area contributed by atoms with Crippen LogP contribution in [0.5, 0.6) is 0 Å². The molecule has 0 unspecified atom stereocenters. The highest BCUT2D eigenvalue weighted by Crippen LogP contribution is 2.48. The van der Waals surface area contributed by atoms with Crippen LogP contribution in [0.15, 0.2) is 71.9 Å². The van der Waals surface area contributed by atoms with Gasteiger partial charge >= 0.3 is 6.18 Å². The number of hydrogen-bond acceptors (Lipinski definition) is 5. The number of benzene rings is 2. The molecule has 3 heterocycles. The first-order valence-electron chi connectivity index (χ1n) is 9.93. The Labute approximate surface area is 180 Å². The summed E-state index contributed by atoms with van der Waals surface area (Å²) >= 11 is 0. The van der Waals surface area contributed by atoms with Gasteiger partial charge in [-0.15, -0.1) is 0 Å². The van der Waals surface area contributed by atoms with Gasteiger partial charge in [-0.05, 0) is 18.2 Å². The lowest BCUT2D eigenvalue weighted by Gasteiger charge is -2.30. The van der Waals surface area contributed by atoms with Crippen molar-refractivity contribution in [2.24, 2.45) is 16.9 Å². The lowest BCUT2D eigenvalue weighted by molar-refractivity contribution is -0.137. The molecule has 2 saturated heterocycles. The minimum absolute atomic E-state index is 0.330. The van der Waals surface area contributed by atoms with Crippen LogP contribution in [0.25, 0.3) is 0 Å². The molecule has 0 aromatic heterocycles. The molecule has 6 nitrogen and oxygen atoms in total. The van der Waals surface area contributed by atoms with E-state index in [9.17, 15) is 27.6 Å². The van der Waals surface area contributed by atoms with Crippen molar-refractivity contribution in [3.05, 3.63) is 77.9 Å². The highest BCUT2D eigenvalue weighted by Gasteiger charge is 2.64. The van der Waals surface area contributed by atoms with Crippen molar-refractivity contribution in [3.8, 4) is 0 Å². The second-order valence-corrected chi connectivity index (χ2v) is 7.77. The number of ketones is 1. The van der Waals surface area contributed by atoms with Gasteiger partial charge < -0.3 is 0 Å². The second kappa shape index (κ2) is 7.15. The number of carbonyl (C=O) groups is 3. The van der Waals surface area contributed by atoms with Gasteiger partial charge in [0.1, 0.15) is 6.04 Å². The van der Waals surface area contributed by atoms with E-state index in [2.05, 4.69) is 5.10 Å². The molecule has 9 heteroatoms. The molecule has 2 amide bonds. The highest BCUT2D eigenvalue weighted by molar-refractivity contribution is 6.25. The van der Waals surface area contributed by atoms with E-state index in [0.717, 1.165) is 12.1 Å². The molecule has 0 spiro atoms. The maximum atomic E-state index is 13.6. The number of alkyl halides is 3. The van der Waals surface area contributed by atoms with E-state index < -0.39 is 58.9 Å². The minimum atomic E-state index is -4.75. The topological polar surface area (TPSA) is 70.0 Å². The van der Waals surface area contributed by atoms with Crippen LogP contribution in [-0.2, 0) is 15.8 Å². The van der Waals surface area contributed by atoms with Crippen molar-refractivity contribution in [3.63, 3.8) is 0 Å². The van der Waals surface area contributed by atoms with Gasteiger partial charge in [0.05, 0.1) is 29.1 Å². The normalized spacial score (nSPS) is 26.5. The van der Waals surface area contributed by atoms with Crippen molar-refractivity contribution in [2.45, 2.75) is 18.3 Å². The number of hydrazone groups is 1. The number of Topliss-reactive ketones (excluding diaryl/α,β-unsaturated/α-hetero) is 1. The van der Waals surface area contributed by atoms with E-state index in [1.807, 2.05) is 0 Å². The lowest BCUT2D eigenvalue weighted by Crippen LogP contribution is -2.46. The summed E-state index contributed by atoms with van der Waals surface area (Å²) in [6.45, 7) is 0. The quantitative estimate of drug-likeness (QED) is 0.544. The van der Waals surface area contributed by atoms with Crippen molar-refractivity contribution in [2.75, 3.05) is 4.90 Å². The minimum Gasteiger partial charge on any atom is -0.292 e. The van der Waals surface area contributed by atoms with Crippen molar-refractivity contribution < 1.29 is 27.6 Å². The fourth-order valence-electron chi connectivity index (χ4n) is 4.76. The van der Waals surface area contributed by atoms with Crippen LogP contribution in [-0.4, -0.2) is 40.9 Å². The Morgan fingerprint density at radius 1 is 0.906 bits per heavy atom. The Morgan fingerprint density at radius 3 is 2.28 bits per heavy atom. The SMILES string of the molecule is O=C(c1ccccc1)[C@H]1[C@H]2C(=O)N(c3ccccc3C(F)(F)F)C(=O)[C@H]2[C@H]2C=CC=NN21. The molecule has 2 aromatic carbocycles. The number of nitrogens with zero attached hydrogens (tertiary/aromatic N) is 3. The fourth-order valence-corrected chi connectivity index (χ4v) is 4.76. The zero-order valence-corrected chi connectivity index (χ0v) is 16.4. The zero-order valence-electron chi connectivity index (χ0n) is 16.4. The van der Waals surface area contributed by atoms with E-state index in [4.69, 9.17) is 0 Å². The predicted octanol–water partition coefficient (Wildman–Crippen LogP) is 3.30. The molecule has 0 saturated carbocycles. The molecule has 0 radical (unpaired) electrons. The molecular weight excluding hydrogens is 423 g/mol. The van der Waals surface area contributed by atoms with E-state index in [-0.39, 0.29) is 0 Å². The van der Waals surface area contributed by atoms with Gasteiger partial charge in [0.2, 0.25) is 11.8 Å². The fraction of sp³-hybridized carbons (Fsp3) is 0.217. The van der Waals surface area contributed by atoms with E-state index >= 15 is 0 Å². The molecule has 2 fully saturated rings. The summed E-state index contributed by atoms with van der Waals surface area (Å²) in [5.74, 6) is -4.18. The van der Waals surface area contributed by atoms with Gasteiger partial charge in [-0.2, -0.15) is 18.3 Å². The standard InChI is InChI=1S/C23H16F3N3O3/c24-23(25,26)14-9-4-5-10-15(14)28-21(31)17-16-11-6-12-27-29(16)19(18(17)22(28)32)20(30)13-7-2-1-3-8-13/h1-12,16-19H/t16-,17+,18+,19-/m1/s1. The number of fused-ring (bicyclic) bond motifs is 3. The molecular formula is C23H16F3N3O3. The van der Waals surface area contributed by atoms with Crippen molar-refractivity contribution >= 4 is 29.5 Å². The smallest absolute Gasteiger partial charge is 0.292 e. The van der Waals surface area contributed by atoms with Crippen molar-refractivity contribution in [1.29, 1.82) is 0 Å². The number of hydrogen-bond donors (Lipinski definition) is 0. The number of imide groups is 1. The van der Waals surface area contributed by atoms with Gasteiger partial charge in [0.25, 0.3) is 0 Å². The Hall–Kier alpha value is -3.75. The number of anilines is 1. The lowest BCUT2D eigenvalue weighted by atomic mass is 9.86. The van der Waals surface area contributed by atoms with Crippen LogP contribution < -0.4 is 4.90 Å². The largest absolute Gasteiger partial charge is 0.418 e. The molecule has 3 aliphatic heterocycles. The van der Waals surface area contributed by atoms with Crippen LogP contribution in [0.4, 0.5) is 18.9 Å². The summed E-state index contributed by atoms with van der Waals surface area (Å²) < 4.78 is 40.8. The van der Waals surface area contributed by atoms with E-state index in [1.54, 1.807) is 42.5 Å². The Bertz CT molecular complexity index is 1180. The molecule has 3 aliphatic rings. The van der Waals surface area contributed by atoms with Crippen LogP contribution >= 0.6 is 0 Å². The molecule has 0 N–H and O–H groups in total. The molecule has 0 bridgehead atoms. The van der Waals surface area contributed by atoms with Gasteiger partial charge in [0.15, 0.2) is 5.78 Å². The number of rotatable bonds is 3. The number of halogens is 3. The summed E-state index contributed by atoms with van der Waals surface area (Å²) in [6.07, 6.45) is -0.0609. The van der Waals surface area contributed by atoms with Crippen LogP contribution in [0, 0.1) is 11.8 Å². The van der Waals surface area contributed by atoms with Gasteiger partial charge in [-0.25, -0.2) is 4.90 Å². The van der Waals surface area contributed by atoms with Crippen LogP contribution in [0.3, 0.4) is 0 Å². The first-order chi connectivity index (χ1) is 15.3. The van der Waals surface area contributed by atoms with Crippen LogP contribution in [0.2, 0.25) is 0 Å². The molecule has 4 atom stereocenters. The molecule has 0 aliphatic carbocycles. The number of carbonyl (C=O) groups excluding carboxylic acids is 3. The van der Waals surface area contributed by atoms with Crippen molar-refractivity contribution in [1.82, 2.24) is 5.01 Å². The van der Waals surface area contributed by atoms with Gasteiger partial charge in [-0.1, -0.05) is 48.5 Å². The first-order valence-corrected chi connectivity index (χ1v) is 9.93. The summed E-state index contributed by atoms with van der Waals surface area (Å²) in [4.78, 5) is 40.8. The molecule has 32 heavy (non-hydrogen) atoms. The summed E-state index contributed by atoms with van der Waals surface area (Å²) in [5.41, 5.74) is -1.28. The third-order valence-corrected chi connectivity index (χ3v) is 6.07. The van der Waals surface area contributed by atoms with Gasteiger partial charge in [-0.3, -0.25) is 19.4 Å². The van der Waals surface area contributed by atoms with Crippen LogP contribution in [0.1, 0.15) is 15.9 Å². The molecule has 162 valence electrons. The third kappa shape index (κ3) is 2.88. The average molecular weight is 439 g/mol. The maximum Gasteiger partial charge on any atom is 0.418 e. The summed E-state index contributed by atoms with van der Waals surface area (Å²) in [5, 5.41) is 5.65. The second-order valence-electron chi connectivity index (χ2n) is 7.77. The third-order valence-electron chi connectivity index (χ3n) is 6.07. The summed E-state index contributed by atoms with van der Waals surface area (Å²) in [6, 6.07) is 10.9.